The third-order valence-electron chi connectivity index (χ3n) is 4.64. The first-order valence-corrected chi connectivity index (χ1v) is 10.9. The maximum Gasteiger partial charge on any atom is 0.345 e. The van der Waals surface area contributed by atoms with Crippen molar-refractivity contribution in [3.63, 3.8) is 0 Å². The van der Waals surface area contributed by atoms with Crippen LogP contribution in [0.4, 0.5) is 0 Å². The van der Waals surface area contributed by atoms with Gasteiger partial charge >= 0.3 is 5.63 Å². The van der Waals surface area contributed by atoms with E-state index in [1.165, 1.54) is 11.3 Å². The predicted molar refractivity (Wildman–Crippen MR) is 120 cm³/mol. The minimum atomic E-state index is -0.428. The maximum atomic E-state index is 12.4. The highest BCUT2D eigenvalue weighted by atomic mass is 79.9. The Kier molecular flexibility index (Phi) is 5.13. The van der Waals surface area contributed by atoms with E-state index < -0.39 is 5.63 Å². The first kappa shape index (κ1) is 19.7. The van der Waals surface area contributed by atoms with Crippen molar-refractivity contribution in [3.05, 3.63) is 79.7 Å². The number of fused-ring (bicyclic) bond motifs is 1. The molecule has 7 nitrogen and oxygen atoms in total. The molecular weight excluding hydrogens is 482 g/mol. The Morgan fingerprint density at radius 2 is 1.97 bits per heavy atom. The average molecular weight is 496 g/mol. The van der Waals surface area contributed by atoms with Crippen LogP contribution in [0.5, 0.6) is 5.75 Å². The van der Waals surface area contributed by atoms with Crippen molar-refractivity contribution in [2.24, 2.45) is 0 Å². The summed E-state index contributed by atoms with van der Waals surface area (Å²) in [5.41, 5.74) is 1.82. The molecule has 9 heteroatoms. The quantitative estimate of drug-likeness (QED) is 0.304. The normalized spacial score (nSPS) is 11.2. The molecule has 0 radical (unpaired) electrons. The Morgan fingerprint density at radius 1 is 1.10 bits per heavy atom. The zero-order valence-electron chi connectivity index (χ0n) is 16.2. The molecule has 0 unspecified atom stereocenters. The average Bonchev–Trinajstić information content (AvgIpc) is 3.43. The predicted octanol–water partition coefficient (Wildman–Crippen LogP) is 5.33. The minimum absolute atomic E-state index is 0.358. The summed E-state index contributed by atoms with van der Waals surface area (Å²) in [6.45, 7) is 0. The van der Waals surface area contributed by atoms with Crippen LogP contribution in [0.3, 0.4) is 0 Å². The molecule has 0 saturated carbocycles. The lowest BCUT2D eigenvalue weighted by Gasteiger charge is -2.02. The van der Waals surface area contributed by atoms with Gasteiger partial charge in [0, 0.05) is 15.2 Å². The summed E-state index contributed by atoms with van der Waals surface area (Å²) in [4.78, 5) is 21.5. The van der Waals surface area contributed by atoms with Crippen molar-refractivity contribution in [2.45, 2.75) is 6.42 Å². The number of methoxy groups -OCH3 is 1. The lowest BCUT2D eigenvalue weighted by molar-refractivity contribution is 0.384. The van der Waals surface area contributed by atoms with Crippen molar-refractivity contribution in [2.75, 3.05) is 7.11 Å². The third kappa shape index (κ3) is 3.89. The molecule has 0 atom stereocenters. The zero-order chi connectivity index (χ0) is 21.4. The summed E-state index contributed by atoms with van der Waals surface area (Å²) in [5.74, 6) is 1.54. The van der Waals surface area contributed by atoms with E-state index in [1.54, 1.807) is 19.2 Å². The van der Waals surface area contributed by atoms with Crippen LogP contribution in [0.1, 0.15) is 10.9 Å². The van der Waals surface area contributed by atoms with E-state index in [1.807, 2.05) is 41.8 Å². The Hall–Kier alpha value is -3.30. The second-order valence-electron chi connectivity index (χ2n) is 6.64. The summed E-state index contributed by atoms with van der Waals surface area (Å²) >= 11 is 4.85. The van der Waals surface area contributed by atoms with Crippen LogP contribution in [0.25, 0.3) is 33.6 Å². The van der Waals surface area contributed by atoms with Gasteiger partial charge in [-0.05, 0) is 36.4 Å². The van der Waals surface area contributed by atoms with Gasteiger partial charge in [0.1, 0.15) is 16.3 Å². The van der Waals surface area contributed by atoms with E-state index in [4.69, 9.17) is 13.7 Å². The fourth-order valence-electron chi connectivity index (χ4n) is 3.18. The molecule has 0 amide bonds. The topological polar surface area (TPSA) is 91.3 Å². The first-order chi connectivity index (χ1) is 15.1. The van der Waals surface area contributed by atoms with Gasteiger partial charge in [-0.3, -0.25) is 0 Å². The Labute approximate surface area is 188 Å². The molecule has 0 bridgehead atoms. The number of hydrogen-bond acceptors (Lipinski definition) is 8. The van der Waals surface area contributed by atoms with Crippen LogP contribution in [-0.4, -0.2) is 22.2 Å². The van der Waals surface area contributed by atoms with E-state index in [0.29, 0.717) is 40.7 Å². The number of aromatic nitrogens is 3. The molecule has 2 aromatic carbocycles. The van der Waals surface area contributed by atoms with Gasteiger partial charge in [0.2, 0.25) is 11.7 Å². The molecular formula is C22H14BrN3O4S. The molecule has 0 aliphatic heterocycles. The van der Waals surface area contributed by atoms with Gasteiger partial charge in [-0.2, -0.15) is 4.98 Å². The molecule has 0 aliphatic rings. The highest BCUT2D eigenvalue weighted by Gasteiger charge is 2.16. The second-order valence-corrected chi connectivity index (χ2v) is 8.50. The lowest BCUT2D eigenvalue weighted by Crippen LogP contribution is -2.03. The van der Waals surface area contributed by atoms with Crippen molar-refractivity contribution < 1.29 is 13.7 Å². The number of thiazole rings is 1. The van der Waals surface area contributed by atoms with Crippen molar-refractivity contribution in [1.29, 1.82) is 0 Å². The number of hydrogen-bond donors (Lipinski definition) is 0. The van der Waals surface area contributed by atoms with Crippen LogP contribution in [0, 0.1) is 0 Å². The SMILES string of the molecule is COc1ccccc1-c1noc(Cc2nc(-c3cc4cc(Br)ccc4oc3=O)cs2)n1. The lowest BCUT2D eigenvalue weighted by atomic mass is 10.1. The highest BCUT2D eigenvalue weighted by Crippen LogP contribution is 2.29. The Bertz CT molecular complexity index is 1460. The van der Waals surface area contributed by atoms with Crippen molar-refractivity contribution >= 4 is 38.2 Å². The summed E-state index contributed by atoms with van der Waals surface area (Å²) < 4.78 is 17.1. The highest BCUT2D eigenvalue weighted by molar-refractivity contribution is 9.10. The number of nitrogens with zero attached hydrogens (tertiary/aromatic N) is 3. The number of ether oxygens (including phenoxy) is 1. The fraction of sp³-hybridized carbons (Fsp3) is 0.0909. The standard InChI is InChI=1S/C22H14BrN3O4S/c1-28-18-5-3-2-4-14(18)21-25-19(30-26-21)10-20-24-16(11-31-20)15-9-12-8-13(23)6-7-17(12)29-22(15)27/h2-9,11H,10H2,1H3. The maximum absolute atomic E-state index is 12.4. The molecule has 0 fully saturated rings. The Balaban J connectivity index is 1.42. The van der Waals surface area contributed by atoms with Crippen LogP contribution in [0.2, 0.25) is 0 Å². The monoisotopic (exact) mass is 495 g/mol. The van der Waals surface area contributed by atoms with Crippen LogP contribution < -0.4 is 10.4 Å². The minimum Gasteiger partial charge on any atom is -0.496 e. The largest absolute Gasteiger partial charge is 0.496 e. The third-order valence-corrected chi connectivity index (χ3v) is 5.98. The van der Waals surface area contributed by atoms with Gasteiger partial charge in [0.15, 0.2) is 0 Å². The second kappa shape index (κ2) is 8.09. The molecule has 31 heavy (non-hydrogen) atoms. The van der Waals surface area contributed by atoms with Gasteiger partial charge in [-0.15, -0.1) is 11.3 Å². The molecule has 5 aromatic rings. The number of halogens is 1. The zero-order valence-corrected chi connectivity index (χ0v) is 18.6. The van der Waals surface area contributed by atoms with Crippen LogP contribution in [-0.2, 0) is 6.42 Å². The molecule has 154 valence electrons. The summed E-state index contributed by atoms with van der Waals surface area (Å²) in [6.07, 6.45) is 0.358. The molecule has 0 spiro atoms. The van der Waals surface area contributed by atoms with Gasteiger partial charge < -0.3 is 13.7 Å². The summed E-state index contributed by atoms with van der Waals surface area (Å²) in [5, 5.41) is 7.44. The van der Waals surface area contributed by atoms with Crippen LogP contribution in [0.15, 0.2) is 72.1 Å². The molecule has 3 heterocycles. The molecule has 0 N–H and O–H groups in total. The molecule has 0 saturated heterocycles. The van der Waals surface area contributed by atoms with E-state index in [-0.39, 0.29) is 0 Å². The van der Waals surface area contributed by atoms with Gasteiger partial charge in [0.25, 0.3) is 0 Å². The number of para-hydroxylation sites is 1. The van der Waals surface area contributed by atoms with E-state index >= 15 is 0 Å². The summed E-state index contributed by atoms with van der Waals surface area (Å²) in [6, 6.07) is 14.7. The Morgan fingerprint density at radius 3 is 2.84 bits per heavy atom. The van der Waals surface area contributed by atoms with Crippen LogP contribution >= 0.6 is 27.3 Å². The van der Waals surface area contributed by atoms with Gasteiger partial charge in [0.05, 0.1) is 30.4 Å². The summed E-state index contributed by atoms with van der Waals surface area (Å²) in [7, 11) is 1.60. The van der Waals surface area contributed by atoms with Crippen molar-refractivity contribution in [3.8, 4) is 28.4 Å². The van der Waals surface area contributed by atoms with Gasteiger partial charge in [-0.1, -0.05) is 33.2 Å². The number of rotatable bonds is 5. The molecule has 5 rings (SSSR count). The van der Waals surface area contributed by atoms with E-state index in [2.05, 4.69) is 31.1 Å². The van der Waals surface area contributed by atoms with Gasteiger partial charge in [-0.25, -0.2) is 9.78 Å². The van der Waals surface area contributed by atoms with E-state index in [0.717, 1.165) is 20.4 Å². The molecule has 0 aliphatic carbocycles. The van der Waals surface area contributed by atoms with E-state index in [9.17, 15) is 4.79 Å². The first-order valence-electron chi connectivity index (χ1n) is 9.25. The molecule has 3 aromatic heterocycles. The van der Waals surface area contributed by atoms with Crippen molar-refractivity contribution in [1.82, 2.24) is 15.1 Å². The number of benzene rings is 2. The fourth-order valence-corrected chi connectivity index (χ4v) is 4.35. The smallest absolute Gasteiger partial charge is 0.345 e.